The van der Waals surface area contributed by atoms with Gasteiger partial charge in [-0.25, -0.2) is 4.98 Å². The Bertz CT molecular complexity index is 351. The normalized spacial score (nSPS) is 20.1. The Morgan fingerprint density at radius 2 is 2.06 bits per heavy atom. The molecular formula is C14H23N3. The van der Waals surface area contributed by atoms with Crippen molar-refractivity contribution in [3.8, 4) is 0 Å². The number of rotatable bonds is 7. The van der Waals surface area contributed by atoms with Gasteiger partial charge in [-0.05, 0) is 50.0 Å². The second kappa shape index (κ2) is 4.81. The Morgan fingerprint density at radius 1 is 1.35 bits per heavy atom. The van der Waals surface area contributed by atoms with Crippen LogP contribution in [0.4, 0.5) is 0 Å². The van der Waals surface area contributed by atoms with E-state index in [-0.39, 0.29) is 0 Å². The van der Waals surface area contributed by atoms with Gasteiger partial charge in [-0.1, -0.05) is 6.92 Å². The fourth-order valence-corrected chi connectivity index (χ4v) is 2.87. The van der Waals surface area contributed by atoms with Gasteiger partial charge in [0.05, 0.1) is 12.0 Å². The molecule has 1 heterocycles. The molecule has 1 aromatic heterocycles. The molecule has 0 unspecified atom stereocenters. The maximum atomic E-state index is 4.31. The topological polar surface area (TPSA) is 29.9 Å². The maximum absolute atomic E-state index is 4.31. The van der Waals surface area contributed by atoms with Gasteiger partial charge in [0.15, 0.2) is 0 Å². The van der Waals surface area contributed by atoms with Crippen molar-refractivity contribution in [1.29, 1.82) is 0 Å². The van der Waals surface area contributed by atoms with Crippen molar-refractivity contribution < 1.29 is 0 Å². The fourth-order valence-electron chi connectivity index (χ4n) is 2.87. The van der Waals surface area contributed by atoms with Crippen LogP contribution < -0.4 is 5.32 Å². The van der Waals surface area contributed by atoms with E-state index in [1.165, 1.54) is 37.9 Å². The van der Waals surface area contributed by atoms with Gasteiger partial charge in [-0.2, -0.15) is 0 Å². The van der Waals surface area contributed by atoms with Gasteiger partial charge in [0.25, 0.3) is 0 Å². The minimum atomic E-state index is 0.935. The highest BCUT2D eigenvalue weighted by atomic mass is 15.1. The molecule has 94 valence electrons. The largest absolute Gasteiger partial charge is 0.333 e. The van der Waals surface area contributed by atoms with Crippen molar-refractivity contribution in [2.75, 3.05) is 6.54 Å². The van der Waals surface area contributed by atoms with E-state index < -0.39 is 0 Å². The lowest BCUT2D eigenvalue weighted by molar-refractivity contribution is 0.343. The summed E-state index contributed by atoms with van der Waals surface area (Å²) in [5, 5.41) is 3.39. The first kappa shape index (κ1) is 11.3. The van der Waals surface area contributed by atoms with Gasteiger partial charge >= 0.3 is 0 Å². The third-order valence-electron chi connectivity index (χ3n) is 4.22. The number of hydrogen-bond donors (Lipinski definition) is 1. The second-order valence-electron chi connectivity index (χ2n) is 5.66. The van der Waals surface area contributed by atoms with Crippen LogP contribution in [0.1, 0.15) is 38.3 Å². The molecule has 3 nitrogen and oxygen atoms in total. The molecule has 2 fully saturated rings. The first-order valence-corrected chi connectivity index (χ1v) is 7.08. The lowest BCUT2D eigenvalue weighted by Gasteiger charge is -2.18. The number of hydrogen-bond acceptors (Lipinski definition) is 2. The summed E-state index contributed by atoms with van der Waals surface area (Å²) in [6.45, 7) is 5.34. The number of aromatic nitrogens is 2. The monoisotopic (exact) mass is 233 g/mol. The minimum Gasteiger partial charge on any atom is -0.333 e. The average Bonchev–Trinajstić information content (AvgIpc) is 3.23. The lowest BCUT2D eigenvalue weighted by Crippen LogP contribution is -2.19. The van der Waals surface area contributed by atoms with Crippen molar-refractivity contribution in [2.24, 2.45) is 17.8 Å². The lowest BCUT2D eigenvalue weighted by atomic mass is 9.98. The molecule has 1 aromatic rings. The number of imidazole rings is 1. The minimum absolute atomic E-state index is 0.935. The van der Waals surface area contributed by atoms with Crippen LogP contribution in [0.5, 0.6) is 0 Å². The van der Waals surface area contributed by atoms with E-state index in [1.807, 2.05) is 12.5 Å². The van der Waals surface area contributed by atoms with Gasteiger partial charge in [-0.15, -0.1) is 0 Å². The van der Waals surface area contributed by atoms with Crippen LogP contribution in [-0.2, 0) is 13.1 Å². The van der Waals surface area contributed by atoms with Crippen LogP contribution in [0.3, 0.4) is 0 Å². The molecule has 0 amide bonds. The Labute approximate surface area is 104 Å². The SMILES string of the molecule is CCNCc1cncn1CC(C1CC1)C1CC1. The van der Waals surface area contributed by atoms with Gasteiger partial charge in [0.1, 0.15) is 0 Å². The maximum Gasteiger partial charge on any atom is 0.0948 e. The van der Waals surface area contributed by atoms with Crippen LogP contribution in [-0.4, -0.2) is 16.1 Å². The van der Waals surface area contributed by atoms with Crippen molar-refractivity contribution in [3.63, 3.8) is 0 Å². The van der Waals surface area contributed by atoms with Crippen molar-refractivity contribution in [1.82, 2.24) is 14.9 Å². The molecule has 0 aromatic carbocycles. The Hall–Kier alpha value is -0.830. The zero-order valence-corrected chi connectivity index (χ0v) is 10.7. The van der Waals surface area contributed by atoms with Gasteiger partial charge in [0.2, 0.25) is 0 Å². The molecule has 3 heteroatoms. The van der Waals surface area contributed by atoms with E-state index in [4.69, 9.17) is 0 Å². The van der Waals surface area contributed by atoms with Crippen molar-refractivity contribution in [3.05, 3.63) is 18.2 Å². The van der Waals surface area contributed by atoms with Gasteiger partial charge < -0.3 is 9.88 Å². The van der Waals surface area contributed by atoms with Crippen LogP contribution in [0.15, 0.2) is 12.5 Å². The average molecular weight is 233 g/mol. The predicted octanol–water partition coefficient (Wildman–Crippen LogP) is 2.43. The first-order chi connectivity index (χ1) is 8.38. The molecule has 2 aliphatic rings. The summed E-state index contributed by atoms with van der Waals surface area (Å²) >= 11 is 0. The molecule has 0 spiro atoms. The summed E-state index contributed by atoms with van der Waals surface area (Å²) in [5.41, 5.74) is 1.35. The summed E-state index contributed by atoms with van der Waals surface area (Å²) < 4.78 is 2.38. The van der Waals surface area contributed by atoms with Crippen molar-refractivity contribution >= 4 is 0 Å². The quantitative estimate of drug-likeness (QED) is 0.784. The highest BCUT2D eigenvalue weighted by Crippen LogP contribution is 2.49. The zero-order valence-electron chi connectivity index (χ0n) is 10.7. The third-order valence-corrected chi connectivity index (χ3v) is 4.22. The molecule has 0 atom stereocenters. The summed E-state index contributed by atoms with van der Waals surface area (Å²) in [5.74, 6) is 2.98. The summed E-state index contributed by atoms with van der Waals surface area (Å²) in [6, 6.07) is 0. The van der Waals surface area contributed by atoms with Gasteiger partial charge in [0, 0.05) is 19.3 Å². The molecule has 0 radical (unpaired) electrons. The van der Waals surface area contributed by atoms with E-state index in [0.717, 1.165) is 30.8 Å². The second-order valence-corrected chi connectivity index (χ2v) is 5.66. The smallest absolute Gasteiger partial charge is 0.0948 e. The highest BCUT2D eigenvalue weighted by Gasteiger charge is 2.41. The number of nitrogens with one attached hydrogen (secondary N) is 1. The molecule has 3 rings (SSSR count). The Balaban J connectivity index is 1.64. The molecule has 2 saturated carbocycles. The molecule has 0 aliphatic heterocycles. The highest BCUT2D eigenvalue weighted by molar-refractivity contribution is 5.00. The zero-order chi connectivity index (χ0) is 11.7. The standard InChI is InChI=1S/C14H23N3/c1-2-15-7-13-8-16-10-17(13)9-14(11-3-4-11)12-5-6-12/h8,10-12,14-15H,2-7,9H2,1H3. The fraction of sp³-hybridized carbons (Fsp3) is 0.786. The predicted molar refractivity (Wildman–Crippen MR) is 68.5 cm³/mol. The van der Waals surface area contributed by atoms with Crippen molar-refractivity contribution in [2.45, 2.75) is 45.7 Å². The third kappa shape index (κ3) is 2.71. The molecular weight excluding hydrogens is 210 g/mol. The summed E-state index contributed by atoms with van der Waals surface area (Å²) in [4.78, 5) is 4.31. The van der Waals surface area contributed by atoms with E-state index in [1.54, 1.807) is 0 Å². The molecule has 1 N–H and O–H groups in total. The number of nitrogens with zero attached hydrogens (tertiary/aromatic N) is 2. The van der Waals surface area contributed by atoms with Crippen LogP contribution in [0, 0.1) is 17.8 Å². The molecule has 17 heavy (non-hydrogen) atoms. The molecule has 2 aliphatic carbocycles. The Kier molecular flexibility index (Phi) is 3.19. The molecule has 0 bridgehead atoms. The van der Waals surface area contributed by atoms with E-state index in [2.05, 4.69) is 21.8 Å². The first-order valence-electron chi connectivity index (χ1n) is 7.08. The van der Waals surface area contributed by atoms with Crippen LogP contribution >= 0.6 is 0 Å². The van der Waals surface area contributed by atoms with Crippen LogP contribution in [0.2, 0.25) is 0 Å². The summed E-state index contributed by atoms with van der Waals surface area (Å²) in [7, 11) is 0. The van der Waals surface area contributed by atoms with E-state index in [0.29, 0.717) is 0 Å². The van der Waals surface area contributed by atoms with Crippen LogP contribution in [0.25, 0.3) is 0 Å². The van der Waals surface area contributed by atoms with E-state index in [9.17, 15) is 0 Å². The van der Waals surface area contributed by atoms with Gasteiger partial charge in [-0.3, -0.25) is 0 Å². The Morgan fingerprint density at radius 3 is 2.65 bits per heavy atom. The molecule has 0 saturated heterocycles. The summed E-state index contributed by atoms with van der Waals surface area (Å²) in [6.07, 6.45) is 9.91. The van der Waals surface area contributed by atoms with E-state index >= 15 is 0 Å².